The molecule has 23 heavy (non-hydrogen) atoms. The minimum atomic E-state index is -0.776. The summed E-state index contributed by atoms with van der Waals surface area (Å²) < 4.78 is 8.88. The van der Waals surface area contributed by atoms with E-state index in [2.05, 4.69) is 20.2 Å². The van der Waals surface area contributed by atoms with Crippen LogP contribution < -0.4 is 10.9 Å². The summed E-state index contributed by atoms with van der Waals surface area (Å²) in [5, 5.41) is 21.6. The third kappa shape index (κ3) is 2.30. The molecule has 0 unspecified atom stereocenters. The Morgan fingerprint density at radius 2 is 2.39 bits per heavy atom. The molecule has 124 valence electrons. The lowest BCUT2D eigenvalue weighted by molar-refractivity contribution is -0.264. The van der Waals surface area contributed by atoms with Crippen molar-refractivity contribution in [3.05, 3.63) is 16.7 Å². The second-order valence-electron chi connectivity index (χ2n) is 5.72. The van der Waals surface area contributed by atoms with Crippen LogP contribution in [0.15, 0.2) is 11.1 Å². The Kier molecular flexibility index (Phi) is 3.53. The van der Waals surface area contributed by atoms with E-state index in [1.54, 1.807) is 9.13 Å². The summed E-state index contributed by atoms with van der Waals surface area (Å²) in [5.74, 6) is 0.518. The van der Waals surface area contributed by atoms with Crippen LogP contribution in [0.1, 0.15) is 19.1 Å². The van der Waals surface area contributed by atoms with Gasteiger partial charge < -0.3 is 15.2 Å². The number of nitrogens with one attached hydrogen (secondary N) is 1. The van der Waals surface area contributed by atoms with E-state index >= 15 is 0 Å². The van der Waals surface area contributed by atoms with Crippen molar-refractivity contribution in [3.8, 4) is 0 Å². The predicted octanol–water partition coefficient (Wildman–Crippen LogP) is -0.453. The standard InChI is InChI=1S/C13H17N5O5/c19-7-4-9(23-8(7)5-22-21)18-6-15-10-11(18)16-13-14-2-1-3-17(13)12(10)20/h6-9,19,21H,1-5H2,(H,14,16)/t7-,8+,9+/m0/s1. The Morgan fingerprint density at radius 3 is 3.22 bits per heavy atom. The van der Waals surface area contributed by atoms with Gasteiger partial charge in [-0.1, -0.05) is 0 Å². The lowest BCUT2D eigenvalue weighted by Crippen LogP contribution is -2.30. The molecule has 4 rings (SSSR count). The molecule has 3 N–H and O–H groups in total. The van der Waals surface area contributed by atoms with Gasteiger partial charge in [0.05, 0.1) is 12.4 Å². The molecule has 1 fully saturated rings. The van der Waals surface area contributed by atoms with Gasteiger partial charge in [0.2, 0.25) is 5.95 Å². The molecule has 0 aliphatic carbocycles. The number of aromatic nitrogens is 4. The highest BCUT2D eigenvalue weighted by Gasteiger charge is 2.36. The summed E-state index contributed by atoms with van der Waals surface area (Å²) in [7, 11) is 0. The third-order valence-corrected chi connectivity index (χ3v) is 4.28. The molecule has 2 aromatic rings. The molecule has 10 heteroatoms. The highest BCUT2D eigenvalue weighted by Crippen LogP contribution is 2.30. The fourth-order valence-corrected chi connectivity index (χ4v) is 3.10. The SMILES string of the molecule is O=c1c2ncn([C@H]3C[C@H](O)[C@@H](COO)O3)c2nc2n1CCCN2. The van der Waals surface area contributed by atoms with Crippen molar-refractivity contribution in [2.24, 2.45) is 0 Å². The summed E-state index contributed by atoms with van der Waals surface area (Å²) in [6, 6.07) is 0. The fraction of sp³-hybridized carbons (Fsp3) is 0.615. The molecule has 10 nitrogen and oxygen atoms in total. The number of imidazole rings is 1. The summed E-state index contributed by atoms with van der Waals surface area (Å²) >= 11 is 0. The first-order chi connectivity index (χ1) is 11.2. The van der Waals surface area contributed by atoms with E-state index in [1.807, 2.05) is 0 Å². The van der Waals surface area contributed by atoms with Crippen LogP contribution >= 0.6 is 0 Å². The van der Waals surface area contributed by atoms with Gasteiger partial charge in [0.1, 0.15) is 18.9 Å². The number of hydrogen-bond acceptors (Lipinski definition) is 8. The zero-order valence-electron chi connectivity index (χ0n) is 12.3. The molecule has 0 amide bonds. The first kappa shape index (κ1) is 14.6. The van der Waals surface area contributed by atoms with Gasteiger partial charge in [0.15, 0.2) is 11.2 Å². The predicted molar refractivity (Wildman–Crippen MR) is 78.0 cm³/mol. The van der Waals surface area contributed by atoms with Gasteiger partial charge in [-0.2, -0.15) is 4.98 Å². The van der Waals surface area contributed by atoms with Gasteiger partial charge in [-0.15, -0.1) is 0 Å². The quantitative estimate of drug-likeness (QED) is 0.512. The number of fused-ring (bicyclic) bond motifs is 2. The van der Waals surface area contributed by atoms with Crippen LogP contribution in [0.25, 0.3) is 11.2 Å². The normalized spacial score (nSPS) is 27.1. The summed E-state index contributed by atoms with van der Waals surface area (Å²) in [6.45, 7) is 1.25. The molecule has 0 radical (unpaired) electrons. The van der Waals surface area contributed by atoms with E-state index in [0.717, 1.165) is 13.0 Å². The number of anilines is 1. The van der Waals surface area contributed by atoms with Crippen LogP contribution in [-0.2, 0) is 16.2 Å². The van der Waals surface area contributed by atoms with E-state index < -0.39 is 18.4 Å². The largest absolute Gasteiger partial charge is 0.390 e. The van der Waals surface area contributed by atoms with Crippen LogP contribution in [0, 0.1) is 0 Å². The van der Waals surface area contributed by atoms with Gasteiger partial charge in [-0.25, -0.2) is 9.87 Å². The van der Waals surface area contributed by atoms with Crippen LogP contribution in [0.4, 0.5) is 5.95 Å². The number of ether oxygens (including phenoxy) is 1. The third-order valence-electron chi connectivity index (χ3n) is 4.28. The van der Waals surface area contributed by atoms with Gasteiger partial charge in [-0.05, 0) is 6.42 Å². The Balaban J connectivity index is 1.74. The topological polar surface area (TPSA) is 124 Å². The van der Waals surface area contributed by atoms with Crippen molar-refractivity contribution in [2.75, 3.05) is 18.5 Å². The maximum absolute atomic E-state index is 12.5. The maximum atomic E-state index is 12.5. The second kappa shape index (κ2) is 5.57. The minimum Gasteiger partial charge on any atom is -0.390 e. The fourth-order valence-electron chi connectivity index (χ4n) is 3.10. The van der Waals surface area contributed by atoms with E-state index in [-0.39, 0.29) is 17.7 Å². The van der Waals surface area contributed by atoms with Crippen molar-refractivity contribution in [3.63, 3.8) is 0 Å². The van der Waals surface area contributed by atoms with E-state index in [1.165, 1.54) is 6.33 Å². The zero-order valence-corrected chi connectivity index (χ0v) is 12.3. The maximum Gasteiger partial charge on any atom is 0.283 e. The lowest BCUT2D eigenvalue weighted by atomic mass is 10.2. The molecule has 4 heterocycles. The van der Waals surface area contributed by atoms with E-state index in [0.29, 0.717) is 24.6 Å². The minimum absolute atomic E-state index is 0.128. The van der Waals surface area contributed by atoms with Crippen LogP contribution in [0.3, 0.4) is 0 Å². The summed E-state index contributed by atoms with van der Waals surface area (Å²) in [5.41, 5.74) is 0.501. The Bertz CT molecular complexity index is 787. The van der Waals surface area contributed by atoms with Crippen molar-refractivity contribution >= 4 is 17.1 Å². The van der Waals surface area contributed by atoms with Crippen LogP contribution in [-0.4, -0.2) is 54.8 Å². The average molecular weight is 323 g/mol. The number of hydrogen-bond donors (Lipinski definition) is 3. The molecule has 0 bridgehead atoms. The van der Waals surface area contributed by atoms with Crippen LogP contribution in [0.2, 0.25) is 0 Å². The second-order valence-corrected chi connectivity index (χ2v) is 5.72. The highest BCUT2D eigenvalue weighted by atomic mass is 17.1. The van der Waals surface area contributed by atoms with Crippen molar-refractivity contribution in [1.82, 2.24) is 19.1 Å². The smallest absolute Gasteiger partial charge is 0.283 e. The van der Waals surface area contributed by atoms with Gasteiger partial charge in [-0.3, -0.25) is 19.2 Å². The average Bonchev–Trinajstić information content (AvgIpc) is 3.12. The number of aliphatic hydroxyl groups is 1. The molecule has 1 saturated heterocycles. The van der Waals surface area contributed by atoms with Crippen molar-refractivity contribution < 1.29 is 20.0 Å². The van der Waals surface area contributed by atoms with Gasteiger partial charge >= 0.3 is 0 Å². The molecule has 3 atom stereocenters. The van der Waals surface area contributed by atoms with Crippen LogP contribution in [0.5, 0.6) is 0 Å². The van der Waals surface area contributed by atoms with E-state index in [4.69, 9.17) is 9.99 Å². The summed E-state index contributed by atoms with van der Waals surface area (Å²) in [4.78, 5) is 25.2. The molecular formula is C13H17N5O5. The Labute approximate surface area is 130 Å². The molecule has 2 aliphatic heterocycles. The zero-order chi connectivity index (χ0) is 16.0. The summed E-state index contributed by atoms with van der Waals surface area (Å²) in [6.07, 6.45) is 0.716. The Morgan fingerprint density at radius 1 is 1.52 bits per heavy atom. The molecule has 0 saturated carbocycles. The Hall–Kier alpha value is -2.01. The molecule has 0 spiro atoms. The number of rotatable bonds is 3. The first-order valence-electron chi connectivity index (χ1n) is 7.50. The molecular weight excluding hydrogens is 306 g/mol. The van der Waals surface area contributed by atoms with E-state index in [9.17, 15) is 9.90 Å². The van der Waals surface area contributed by atoms with Crippen molar-refractivity contribution in [1.29, 1.82) is 0 Å². The number of aliphatic hydroxyl groups excluding tert-OH is 1. The molecule has 0 aromatic carbocycles. The monoisotopic (exact) mass is 323 g/mol. The van der Waals surface area contributed by atoms with Crippen molar-refractivity contribution in [2.45, 2.75) is 37.8 Å². The molecule has 2 aliphatic rings. The van der Waals surface area contributed by atoms with Gasteiger partial charge in [0, 0.05) is 19.5 Å². The molecule has 2 aromatic heterocycles. The highest BCUT2D eigenvalue weighted by molar-refractivity contribution is 5.71. The van der Waals surface area contributed by atoms with Gasteiger partial charge in [0.25, 0.3) is 5.56 Å². The first-order valence-corrected chi connectivity index (χ1v) is 7.50. The number of nitrogens with zero attached hydrogens (tertiary/aromatic N) is 4. The lowest BCUT2D eigenvalue weighted by Gasteiger charge is -2.19.